The second kappa shape index (κ2) is 9.02. The van der Waals surface area contributed by atoms with Gasteiger partial charge in [-0.25, -0.2) is 9.69 Å². The first-order valence-corrected chi connectivity index (χ1v) is 13.0. The van der Waals surface area contributed by atoms with Crippen LogP contribution in [0.25, 0.3) is 0 Å². The highest BCUT2D eigenvalue weighted by atomic mass is 35.5. The fourth-order valence-corrected chi connectivity index (χ4v) is 6.85. The Bertz CT molecular complexity index is 1680. The molecule has 4 atom stereocenters. The summed E-state index contributed by atoms with van der Waals surface area (Å²) < 4.78 is 0. The van der Waals surface area contributed by atoms with E-state index in [1.54, 1.807) is 13.0 Å². The summed E-state index contributed by atoms with van der Waals surface area (Å²) in [4.78, 5) is 66.3. The van der Waals surface area contributed by atoms with Crippen LogP contribution in [0.5, 0.6) is 11.5 Å². The van der Waals surface area contributed by atoms with Gasteiger partial charge in [-0.2, -0.15) is 0 Å². The van der Waals surface area contributed by atoms with E-state index in [2.05, 4.69) is 0 Å². The van der Waals surface area contributed by atoms with Gasteiger partial charge in [0.15, 0.2) is 11.6 Å². The molecular weight excluding hydrogens is 538 g/mol. The molecule has 9 nitrogen and oxygen atoms in total. The Morgan fingerprint density at radius 1 is 1.00 bits per heavy atom. The number of Topliss-reactive ketones (excluding diaryl/α,β-unsaturated/α-hetero) is 1. The Hall–Kier alpha value is -4.50. The van der Waals surface area contributed by atoms with Gasteiger partial charge in [0.2, 0.25) is 11.8 Å². The molecule has 0 aromatic heterocycles. The van der Waals surface area contributed by atoms with E-state index in [-0.39, 0.29) is 52.0 Å². The number of hydrogen-bond donors (Lipinski definition) is 3. The predicted octanol–water partition coefficient (Wildman–Crippen LogP) is 4.08. The first-order valence-electron chi connectivity index (χ1n) is 12.6. The molecule has 10 heteroatoms. The van der Waals surface area contributed by atoms with Crippen molar-refractivity contribution in [1.29, 1.82) is 0 Å². The van der Waals surface area contributed by atoms with Crippen molar-refractivity contribution in [1.82, 2.24) is 0 Å². The molecule has 1 fully saturated rings. The Morgan fingerprint density at radius 3 is 2.42 bits per heavy atom. The van der Waals surface area contributed by atoms with Gasteiger partial charge in [-0.1, -0.05) is 29.3 Å². The maximum absolute atomic E-state index is 13.9. The lowest BCUT2D eigenvalue weighted by molar-refractivity contribution is -0.123. The molecule has 3 N–H and O–H groups in total. The number of carboxylic acids is 1. The number of allylic oxidation sites excluding steroid dienone is 6. The van der Waals surface area contributed by atoms with Crippen LogP contribution >= 0.6 is 11.6 Å². The predicted molar refractivity (Wildman–Crippen MR) is 142 cm³/mol. The number of aromatic carboxylic acids is 1. The Kier molecular flexibility index (Phi) is 5.81. The summed E-state index contributed by atoms with van der Waals surface area (Å²) in [5.74, 6) is -6.60. The maximum Gasteiger partial charge on any atom is 0.339 e. The fraction of sp³-hybridized carbons (Fsp3) is 0.233. The van der Waals surface area contributed by atoms with Crippen molar-refractivity contribution in [3.05, 3.63) is 87.0 Å². The molecule has 0 spiro atoms. The highest BCUT2D eigenvalue weighted by Crippen LogP contribution is 2.56. The fourth-order valence-electron chi connectivity index (χ4n) is 6.56. The molecule has 0 saturated carbocycles. The minimum Gasteiger partial charge on any atom is -0.508 e. The minimum absolute atomic E-state index is 0.0461. The smallest absolute Gasteiger partial charge is 0.339 e. The van der Waals surface area contributed by atoms with Crippen LogP contribution in [0.15, 0.2) is 70.8 Å². The van der Waals surface area contributed by atoms with Crippen molar-refractivity contribution in [2.24, 2.45) is 17.8 Å². The topological polar surface area (TPSA) is 149 Å². The van der Waals surface area contributed by atoms with Crippen LogP contribution in [-0.2, 0) is 19.2 Å². The number of aromatic hydroxyl groups is 2. The summed E-state index contributed by atoms with van der Waals surface area (Å²) in [5, 5.41) is 29.6. The maximum atomic E-state index is 13.9. The molecule has 1 heterocycles. The molecule has 6 rings (SSSR count). The molecule has 2 aromatic rings. The van der Waals surface area contributed by atoms with Gasteiger partial charge in [0.05, 0.1) is 17.5 Å². The largest absolute Gasteiger partial charge is 0.508 e. The lowest BCUT2D eigenvalue weighted by atomic mass is 9.59. The lowest BCUT2D eigenvalue weighted by Crippen LogP contribution is -2.40. The van der Waals surface area contributed by atoms with E-state index in [1.165, 1.54) is 24.3 Å². The molecule has 3 aliphatic carbocycles. The third kappa shape index (κ3) is 3.65. The van der Waals surface area contributed by atoms with Gasteiger partial charge in [0, 0.05) is 33.7 Å². The molecule has 2 amide bonds. The zero-order valence-corrected chi connectivity index (χ0v) is 21.8. The monoisotopic (exact) mass is 559 g/mol. The lowest BCUT2D eigenvalue weighted by Gasteiger charge is -2.42. The van der Waals surface area contributed by atoms with E-state index in [1.807, 2.05) is 6.08 Å². The van der Waals surface area contributed by atoms with E-state index >= 15 is 0 Å². The van der Waals surface area contributed by atoms with Gasteiger partial charge >= 0.3 is 5.97 Å². The number of amides is 2. The van der Waals surface area contributed by atoms with Crippen LogP contribution in [-0.4, -0.2) is 44.7 Å². The van der Waals surface area contributed by atoms with Crippen LogP contribution in [0.2, 0.25) is 5.02 Å². The number of hydrogen-bond acceptors (Lipinski definition) is 7. The summed E-state index contributed by atoms with van der Waals surface area (Å²) in [7, 11) is 0. The number of phenolic OH excluding ortho intramolecular Hbond substituents is 1. The molecule has 0 radical (unpaired) electrons. The minimum atomic E-state index is -1.35. The third-order valence-electron chi connectivity index (χ3n) is 8.33. The SMILES string of the molecule is CC1=CC(=O)C2=C(C1=O)C(c1ccc(O)cc1Cl)C1=CCC3C(=O)N(c4ccc(C(=O)O)c(O)c4)C(=O)C3C1C2. The van der Waals surface area contributed by atoms with Gasteiger partial charge in [-0.15, -0.1) is 0 Å². The number of nitrogens with zero attached hydrogens (tertiary/aromatic N) is 1. The molecule has 4 unspecified atom stereocenters. The van der Waals surface area contributed by atoms with E-state index in [9.17, 15) is 39.3 Å². The number of phenols is 2. The standard InChI is InChI=1S/C30H22ClNO8/c1-12-8-22(34)20-11-19-15(24(26(20)27(12)36)16-5-3-14(33)10-21(16)31)6-7-18-25(19)29(38)32(28(18)37)13-2-4-17(30(39)40)23(35)9-13/h2-6,8-10,18-19,24-25,33,35H,7,11H2,1H3,(H,39,40). The summed E-state index contributed by atoms with van der Waals surface area (Å²) in [6, 6.07) is 7.87. The second-order valence-electron chi connectivity index (χ2n) is 10.5. The van der Waals surface area contributed by atoms with Gasteiger partial charge < -0.3 is 15.3 Å². The second-order valence-corrected chi connectivity index (χ2v) is 10.9. The number of imide groups is 1. The van der Waals surface area contributed by atoms with Crippen molar-refractivity contribution in [2.75, 3.05) is 4.90 Å². The summed E-state index contributed by atoms with van der Waals surface area (Å²) in [5.41, 5.74) is 1.74. The van der Waals surface area contributed by atoms with E-state index in [0.717, 1.165) is 17.0 Å². The summed E-state index contributed by atoms with van der Waals surface area (Å²) in [6.07, 6.45) is 3.41. The van der Waals surface area contributed by atoms with Crippen LogP contribution in [0.1, 0.15) is 41.6 Å². The quantitative estimate of drug-likeness (QED) is 0.289. The number of ketones is 2. The summed E-state index contributed by atoms with van der Waals surface area (Å²) >= 11 is 6.55. The van der Waals surface area contributed by atoms with Crippen LogP contribution < -0.4 is 4.90 Å². The number of rotatable bonds is 3. The molecule has 1 saturated heterocycles. The first kappa shape index (κ1) is 25.8. The number of anilines is 1. The number of carbonyl (C=O) groups excluding carboxylic acids is 4. The Balaban J connectivity index is 1.47. The molecular formula is C30H22ClNO8. The average Bonchev–Trinajstić information content (AvgIpc) is 3.16. The van der Waals surface area contributed by atoms with E-state index < -0.39 is 47.2 Å². The van der Waals surface area contributed by atoms with Crippen LogP contribution in [0, 0.1) is 17.8 Å². The summed E-state index contributed by atoms with van der Waals surface area (Å²) in [6.45, 7) is 1.57. The third-order valence-corrected chi connectivity index (χ3v) is 8.66. The highest BCUT2D eigenvalue weighted by molar-refractivity contribution is 6.32. The van der Waals surface area contributed by atoms with Crippen molar-refractivity contribution >= 4 is 46.6 Å². The van der Waals surface area contributed by atoms with Crippen molar-refractivity contribution in [3.63, 3.8) is 0 Å². The zero-order chi connectivity index (χ0) is 28.6. The number of halogens is 1. The van der Waals surface area contributed by atoms with Crippen molar-refractivity contribution in [2.45, 2.75) is 25.7 Å². The number of fused-ring (bicyclic) bond motifs is 3. The normalized spacial score (nSPS) is 25.8. The number of carbonyl (C=O) groups is 5. The van der Waals surface area contributed by atoms with E-state index in [0.29, 0.717) is 22.3 Å². The van der Waals surface area contributed by atoms with E-state index in [4.69, 9.17) is 11.6 Å². The number of benzene rings is 2. The van der Waals surface area contributed by atoms with Crippen molar-refractivity contribution < 1.29 is 39.3 Å². The Morgan fingerprint density at radius 2 is 1.75 bits per heavy atom. The van der Waals surface area contributed by atoms with Gasteiger partial charge in [-0.05, 0) is 61.6 Å². The molecule has 2 aromatic carbocycles. The molecule has 0 bridgehead atoms. The molecule has 202 valence electrons. The van der Waals surface area contributed by atoms with Crippen LogP contribution in [0.4, 0.5) is 5.69 Å². The number of carboxylic acid groups (broad SMARTS) is 1. The zero-order valence-electron chi connectivity index (χ0n) is 21.1. The molecule has 1 aliphatic heterocycles. The van der Waals surface area contributed by atoms with Crippen LogP contribution in [0.3, 0.4) is 0 Å². The molecule has 40 heavy (non-hydrogen) atoms. The van der Waals surface area contributed by atoms with Gasteiger partial charge in [0.25, 0.3) is 0 Å². The van der Waals surface area contributed by atoms with Crippen molar-refractivity contribution in [3.8, 4) is 11.5 Å². The first-order chi connectivity index (χ1) is 19.0. The van der Waals surface area contributed by atoms with Gasteiger partial charge in [-0.3, -0.25) is 19.2 Å². The Labute approximate surface area is 232 Å². The highest BCUT2D eigenvalue weighted by Gasteiger charge is 2.56. The van der Waals surface area contributed by atoms with Gasteiger partial charge in [0.1, 0.15) is 17.1 Å². The average molecular weight is 560 g/mol. The molecule has 4 aliphatic rings.